The summed E-state index contributed by atoms with van der Waals surface area (Å²) < 4.78 is 11.1. The Balaban J connectivity index is 0.00000481. The molecule has 3 aromatic heterocycles. The number of rotatable bonds is 10. The van der Waals surface area contributed by atoms with E-state index in [1.807, 2.05) is 12.3 Å². The molecule has 6 heteroatoms. The van der Waals surface area contributed by atoms with Crippen LogP contribution in [-0.2, 0) is 39.3 Å². The summed E-state index contributed by atoms with van der Waals surface area (Å²) in [6.07, 6.45) is 10.9. The van der Waals surface area contributed by atoms with Gasteiger partial charge in [0.25, 0.3) is 0 Å². The Morgan fingerprint density at radius 2 is 1.68 bits per heavy atom. The number of aromatic nitrogens is 4. The molecular weight excluding hydrogens is 832 g/mol. The van der Waals surface area contributed by atoms with Crippen molar-refractivity contribution in [2.45, 2.75) is 118 Å². The summed E-state index contributed by atoms with van der Waals surface area (Å²) in [7, 11) is 0. The van der Waals surface area contributed by atoms with E-state index >= 15 is 0 Å². The fourth-order valence-electron chi connectivity index (χ4n) is 8.33. The molecule has 278 valence electrons. The molecule has 6 aromatic rings. The van der Waals surface area contributed by atoms with Gasteiger partial charge in [0, 0.05) is 40.4 Å². The smallest absolute Gasteiger partial charge is 0.509 e. The van der Waals surface area contributed by atoms with E-state index in [9.17, 15) is 0 Å². The minimum Gasteiger partial charge on any atom is -0.509 e. The summed E-state index contributed by atoms with van der Waals surface area (Å²) in [6, 6.07) is 28.7. The number of hydrogen-bond donors (Lipinski definition) is 0. The Kier molecular flexibility index (Phi) is 11.6. The van der Waals surface area contributed by atoms with Crippen LogP contribution in [0.3, 0.4) is 0 Å². The second kappa shape index (κ2) is 15.8. The van der Waals surface area contributed by atoms with Crippen molar-refractivity contribution < 1.29 is 25.8 Å². The molecule has 7 rings (SSSR count). The first-order valence-electron chi connectivity index (χ1n) is 19.5. The van der Waals surface area contributed by atoms with E-state index in [0.717, 1.165) is 52.6 Å². The Bertz CT molecular complexity index is 2270. The van der Waals surface area contributed by atoms with Crippen molar-refractivity contribution >= 4 is 21.8 Å². The van der Waals surface area contributed by atoms with Gasteiger partial charge in [0.1, 0.15) is 5.82 Å². The Morgan fingerprint density at radius 3 is 2.38 bits per heavy atom. The van der Waals surface area contributed by atoms with Gasteiger partial charge >= 0.3 is 21.1 Å². The zero-order valence-electron chi connectivity index (χ0n) is 32.9. The molecule has 0 radical (unpaired) electrons. The summed E-state index contributed by atoms with van der Waals surface area (Å²) in [4.78, 5) is 4.85. The van der Waals surface area contributed by atoms with Crippen LogP contribution in [0.15, 0.2) is 78.5 Å². The number of nitrogens with zero attached hydrogens (tertiary/aromatic N) is 4. The van der Waals surface area contributed by atoms with E-state index in [2.05, 4.69) is 144 Å². The maximum absolute atomic E-state index is 6.73. The standard InChI is InChI=1S/C47H54N4O.Pt/c1-10-31-17-16-18-32(11-2)45(31)46-40(12-3)49-51(41(46)13-4)35-25-33(30(5)6)26-37(28-35)52-36-21-22-39-38-19-14-15-20-42(38)50(43(39)29-36)44-27-34(23-24-48-44)47(7,8)9;/h14-15,17,19-27,30,32,45H,10-13,16,18H2,1-9H3;/q-2;+2/t32-,45?;/m0./s1. The Hall–Kier alpha value is -3.95. The predicted octanol–water partition coefficient (Wildman–Crippen LogP) is 12.5. The fraction of sp³-hybridized carbons (Fsp3) is 0.404. The first-order valence-corrected chi connectivity index (χ1v) is 19.5. The molecule has 0 fully saturated rings. The van der Waals surface area contributed by atoms with Crippen LogP contribution in [0.5, 0.6) is 11.5 Å². The summed E-state index contributed by atoms with van der Waals surface area (Å²) in [5.41, 5.74) is 10.9. The summed E-state index contributed by atoms with van der Waals surface area (Å²) >= 11 is 0. The van der Waals surface area contributed by atoms with Crippen molar-refractivity contribution in [1.29, 1.82) is 0 Å². The van der Waals surface area contributed by atoms with E-state index in [1.165, 1.54) is 47.3 Å². The van der Waals surface area contributed by atoms with Crippen LogP contribution in [0.2, 0.25) is 0 Å². The molecular formula is C47H54N4OPt. The van der Waals surface area contributed by atoms with Crippen LogP contribution in [0.1, 0.15) is 128 Å². The van der Waals surface area contributed by atoms with Gasteiger partial charge in [0.15, 0.2) is 0 Å². The SMILES string of the molecule is CCC1=CCC[C@H](CC)C1c1c(CC)nn(-c2[c-]c(Oc3[c-]c4c(cc3)c3ccccc3n4-c3cc(C(C)(C)C)ccn3)cc(C(C)C)c2)c1CC.[Pt+2]. The van der Waals surface area contributed by atoms with E-state index < -0.39 is 0 Å². The molecule has 0 aliphatic heterocycles. The van der Waals surface area contributed by atoms with Crippen molar-refractivity contribution in [1.82, 2.24) is 19.3 Å². The first-order chi connectivity index (χ1) is 25.1. The normalized spacial score (nSPS) is 16.3. The van der Waals surface area contributed by atoms with Gasteiger partial charge in [-0.1, -0.05) is 104 Å². The van der Waals surface area contributed by atoms with Crippen molar-refractivity contribution in [3.8, 4) is 23.0 Å². The van der Waals surface area contributed by atoms with Gasteiger partial charge in [-0.15, -0.1) is 41.3 Å². The van der Waals surface area contributed by atoms with E-state index in [-0.39, 0.29) is 26.5 Å². The zero-order chi connectivity index (χ0) is 36.7. The van der Waals surface area contributed by atoms with Crippen molar-refractivity contribution in [3.63, 3.8) is 0 Å². The van der Waals surface area contributed by atoms with Crippen LogP contribution in [-0.4, -0.2) is 19.3 Å². The molecule has 0 amide bonds. The van der Waals surface area contributed by atoms with Gasteiger partial charge < -0.3 is 9.30 Å². The van der Waals surface area contributed by atoms with Gasteiger partial charge in [0.05, 0.1) is 5.69 Å². The number of para-hydroxylation sites is 1. The molecule has 1 aliphatic carbocycles. The van der Waals surface area contributed by atoms with Gasteiger partial charge in [-0.05, 0) is 84.2 Å². The van der Waals surface area contributed by atoms with Gasteiger partial charge in [0.2, 0.25) is 0 Å². The number of hydrogen-bond acceptors (Lipinski definition) is 3. The Labute approximate surface area is 331 Å². The number of aryl methyl sites for hydroxylation is 1. The molecule has 3 aromatic carbocycles. The molecule has 0 bridgehead atoms. The van der Waals surface area contributed by atoms with Crippen molar-refractivity contribution in [2.24, 2.45) is 5.92 Å². The minimum absolute atomic E-state index is 0. The van der Waals surface area contributed by atoms with Crippen LogP contribution in [0.25, 0.3) is 33.3 Å². The maximum Gasteiger partial charge on any atom is 2.00 e. The minimum atomic E-state index is -0.00259. The largest absolute Gasteiger partial charge is 2.00 e. The first kappa shape index (κ1) is 38.8. The summed E-state index contributed by atoms with van der Waals surface area (Å²) in [5.74, 6) is 3.56. The van der Waals surface area contributed by atoms with Gasteiger partial charge in [-0.25, -0.2) is 4.98 Å². The number of pyridine rings is 1. The second-order valence-corrected chi connectivity index (χ2v) is 15.8. The van der Waals surface area contributed by atoms with Crippen LogP contribution in [0.4, 0.5) is 0 Å². The molecule has 0 saturated carbocycles. The summed E-state index contributed by atoms with van der Waals surface area (Å²) in [5, 5.41) is 7.63. The number of allylic oxidation sites excluding steroid dienone is 2. The summed E-state index contributed by atoms with van der Waals surface area (Å²) in [6.45, 7) is 20.4. The molecule has 3 heterocycles. The predicted molar refractivity (Wildman–Crippen MR) is 216 cm³/mol. The molecule has 1 aliphatic rings. The molecule has 0 spiro atoms. The monoisotopic (exact) mass is 885 g/mol. The van der Waals surface area contributed by atoms with E-state index in [0.29, 0.717) is 29.3 Å². The number of fused-ring (bicyclic) bond motifs is 3. The number of ether oxygens (including phenoxy) is 1. The fourth-order valence-corrected chi connectivity index (χ4v) is 8.33. The third kappa shape index (κ3) is 7.31. The van der Waals surface area contributed by atoms with Crippen molar-refractivity contribution in [2.75, 3.05) is 0 Å². The molecule has 5 nitrogen and oxygen atoms in total. The molecule has 0 N–H and O–H groups in total. The molecule has 53 heavy (non-hydrogen) atoms. The number of benzene rings is 3. The van der Waals surface area contributed by atoms with Gasteiger partial charge in [-0.2, -0.15) is 11.2 Å². The van der Waals surface area contributed by atoms with Crippen LogP contribution >= 0.6 is 0 Å². The van der Waals surface area contributed by atoms with Crippen LogP contribution < -0.4 is 4.74 Å². The second-order valence-electron chi connectivity index (χ2n) is 15.8. The Morgan fingerprint density at radius 1 is 0.887 bits per heavy atom. The molecule has 0 saturated heterocycles. The zero-order valence-corrected chi connectivity index (χ0v) is 35.2. The maximum atomic E-state index is 6.73. The third-order valence-corrected chi connectivity index (χ3v) is 11.2. The van der Waals surface area contributed by atoms with E-state index in [1.54, 1.807) is 5.57 Å². The van der Waals surface area contributed by atoms with E-state index in [4.69, 9.17) is 14.8 Å². The van der Waals surface area contributed by atoms with Crippen molar-refractivity contribution in [3.05, 3.63) is 119 Å². The molecule has 1 unspecified atom stereocenters. The van der Waals surface area contributed by atoms with Gasteiger partial charge in [-0.3, -0.25) is 4.68 Å². The topological polar surface area (TPSA) is 44.9 Å². The molecule has 2 atom stereocenters. The quantitative estimate of drug-likeness (QED) is 0.102. The average Bonchev–Trinajstić information content (AvgIpc) is 3.69. The third-order valence-electron chi connectivity index (χ3n) is 11.2. The van der Waals surface area contributed by atoms with Crippen LogP contribution in [0, 0.1) is 18.1 Å². The average molecular weight is 886 g/mol.